The van der Waals surface area contributed by atoms with Gasteiger partial charge in [0.1, 0.15) is 0 Å². The maximum atomic E-state index is 3.68. The van der Waals surface area contributed by atoms with E-state index in [1.54, 1.807) is 0 Å². The maximum absolute atomic E-state index is 3.68. The van der Waals surface area contributed by atoms with Crippen LogP contribution in [0.5, 0.6) is 0 Å². The van der Waals surface area contributed by atoms with Gasteiger partial charge in [-0.25, -0.2) is 0 Å². The van der Waals surface area contributed by atoms with Crippen LogP contribution in [0.25, 0.3) is 0 Å². The average Bonchev–Trinajstić information content (AvgIpc) is 2.65. The first-order valence-electron chi connectivity index (χ1n) is 8.57. The second-order valence-corrected chi connectivity index (χ2v) is 6.25. The summed E-state index contributed by atoms with van der Waals surface area (Å²) in [6, 6.07) is 0. The van der Waals surface area contributed by atoms with Crippen molar-refractivity contribution in [2.45, 2.75) is 84.5 Å². The molecule has 0 saturated heterocycles. The molecule has 1 fully saturated rings. The fourth-order valence-corrected chi connectivity index (χ4v) is 3.35. The summed E-state index contributed by atoms with van der Waals surface area (Å²) in [5.74, 6) is 1.98. The number of nitrogens with one attached hydrogen (secondary N) is 1. The molecule has 1 saturated carbocycles. The highest BCUT2D eigenvalue weighted by Gasteiger charge is 2.11. The molecule has 0 aliphatic heterocycles. The van der Waals surface area contributed by atoms with Crippen molar-refractivity contribution < 1.29 is 0 Å². The largest absolute Gasteiger partial charge is 0.317 e. The molecule has 0 bridgehead atoms. The van der Waals surface area contributed by atoms with E-state index in [4.69, 9.17) is 0 Å². The van der Waals surface area contributed by atoms with Gasteiger partial charge in [0.05, 0.1) is 0 Å². The molecule has 0 amide bonds. The van der Waals surface area contributed by atoms with Crippen molar-refractivity contribution in [3.8, 4) is 0 Å². The molecule has 108 valence electrons. The van der Waals surface area contributed by atoms with Crippen molar-refractivity contribution in [2.75, 3.05) is 13.1 Å². The fraction of sp³-hybridized carbons (Fsp3) is 1.00. The third-order valence-corrected chi connectivity index (χ3v) is 4.71. The lowest BCUT2D eigenvalue weighted by atomic mass is 9.96. The summed E-state index contributed by atoms with van der Waals surface area (Å²) in [7, 11) is 0. The molecule has 1 N–H and O–H groups in total. The zero-order valence-electron chi connectivity index (χ0n) is 12.8. The Morgan fingerprint density at radius 1 is 0.944 bits per heavy atom. The van der Waals surface area contributed by atoms with Gasteiger partial charge in [0.25, 0.3) is 0 Å². The van der Waals surface area contributed by atoms with Crippen molar-refractivity contribution in [3.05, 3.63) is 0 Å². The monoisotopic (exact) mass is 253 g/mol. The van der Waals surface area contributed by atoms with Gasteiger partial charge < -0.3 is 5.32 Å². The second kappa shape index (κ2) is 10.8. The third-order valence-electron chi connectivity index (χ3n) is 4.71. The molecule has 0 aromatic rings. The van der Waals surface area contributed by atoms with Crippen LogP contribution in [0.4, 0.5) is 0 Å². The Kier molecular flexibility index (Phi) is 9.65. The minimum absolute atomic E-state index is 0.959. The zero-order chi connectivity index (χ0) is 13.1. The van der Waals surface area contributed by atoms with Crippen LogP contribution in [0.1, 0.15) is 84.5 Å². The summed E-state index contributed by atoms with van der Waals surface area (Å²) >= 11 is 0. The average molecular weight is 253 g/mol. The molecule has 1 unspecified atom stereocenters. The summed E-state index contributed by atoms with van der Waals surface area (Å²) in [6.07, 6.45) is 15.9. The lowest BCUT2D eigenvalue weighted by molar-refractivity contribution is 0.390. The number of hydrogen-bond acceptors (Lipinski definition) is 1. The molecule has 1 atom stereocenters. The van der Waals surface area contributed by atoms with Gasteiger partial charge in [-0.05, 0) is 37.8 Å². The normalized spacial score (nSPS) is 19.7. The van der Waals surface area contributed by atoms with Crippen LogP contribution >= 0.6 is 0 Å². The Labute approximate surface area is 115 Å². The quantitative estimate of drug-likeness (QED) is 0.442. The molecule has 18 heavy (non-hydrogen) atoms. The summed E-state index contributed by atoms with van der Waals surface area (Å²) in [4.78, 5) is 0. The van der Waals surface area contributed by atoms with Crippen molar-refractivity contribution in [2.24, 2.45) is 11.8 Å². The first-order valence-corrected chi connectivity index (χ1v) is 8.57. The van der Waals surface area contributed by atoms with Crippen LogP contribution in [0.15, 0.2) is 0 Å². The Morgan fingerprint density at radius 3 is 2.28 bits per heavy atom. The third kappa shape index (κ3) is 7.41. The molecule has 1 aliphatic rings. The minimum Gasteiger partial charge on any atom is -0.317 e. The molecule has 1 heteroatoms. The zero-order valence-corrected chi connectivity index (χ0v) is 12.8. The highest BCUT2D eigenvalue weighted by atomic mass is 14.8. The summed E-state index contributed by atoms with van der Waals surface area (Å²) in [5, 5.41) is 3.68. The van der Waals surface area contributed by atoms with E-state index in [2.05, 4.69) is 19.2 Å². The highest BCUT2D eigenvalue weighted by Crippen LogP contribution is 2.24. The molecule has 1 rings (SSSR count). The lowest BCUT2D eigenvalue weighted by Gasteiger charge is -2.16. The molecule has 0 heterocycles. The summed E-state index contributed by atoms with van der Waals surface area (Å²) in [5.41, 5.74) is 0. The molecule has 0 aromatic carbocycles. The highest BCUT2D eigenvalue weighted by molar-refractivity contribution is 4.66. The summed E-state index contributed by atoms with van der Waals surface area (Å²) < 4.78 is 0. The van der Waals surface area contributed by atoms with Crippen molar-refractivity contribution >= 4 is 0 Å². The van der Waals surface area contributed by atoms with Crippen LogP contribution in [0.3, 0.4) is 0 Å². The van der Waals surface area contributed by atoms with E-state index in [9.17, 15) is 0 Å². The predicted molar refractivity (Wildman–Crippen MR) is 82.0 cm³/mol. The standard InChI is InChI=1S/C17H35N/c1-3-9-16(4-2)12-14-18-15-13-17-10-7-5-6-8-11-17/h16-18H,3-15H2,1-2H3. The Morgan fingerprint density at radius 2 is 1.67 bits per heavy atom. The Hall–Kier alpha value is -0.0400. The number of hydrogen-bond donors (Lipinski definition) is 1. The molecule has 0 spiro atoms. The van der Waals surface area contributed by atoms with E-state index in [0.29, 0.717) is 0 Å². The van der Waals surface area contributed by atoms with Crippen LogP contribution in [0.2, 0.25) is 0 Å². The van der Waals surface area contributed by atoms with E-state index >= 15 is 0 Å². The fourth-order valence-electron chi connectivity index (χ4n) is 3.35. The van der Waals surface area contributed by atoms with Crippen LogP contribution in [0, 0.1) is 11.8 Å². The Balaban J connectivity index is 1.96. The molecular formula is C17H35N. The van der Waals surface area contributed by atoms with Crippen molar-refractivity contribution in [1.82, 2.24) is 5.32 Å². The van der Waals surface area contributed by atoms with Gasteiger partial charge in [-0.2, -0.15) is 0 Å². The topological polar surface area (TPSA) is 12.0 Å². The predicted octanol–water partition coefficient (Wildman–Crippen LogP) is 5.15. The van der Waals surface area contributed by atoms with Gasteiger partial charge >= 0.3 is 0 Å². The van der Waals surface area contributed by atoms with Gasteiger partial charge in [0, 0.05) is 0 Å². The van der Waals surface area contributed by atoms with Crippen LogP contribution in [-0.2, 0) is 0 Å². The van der Waals surface area contributed by atoms with Crippen molar-refractivity contribution in [3.63, 3.8) is 0 Å². The number of rotatable bonds is 9. The van der Waals surface area contributed by atoms with Gasteiger partial charge in [-0.15, -0.1) is 0 Å². The smallest absolute Gasteiger partial charge is 0.00463 e. The minimum atomic E-state index is 0.959. The van der Waals surface area contributed by atoms with E-state index in [0.717, 1.165) is 11.8 Å². The van der Waals surface area contributed by atoms with Crippen LogP contribution < -0.4 is 5.32 Å². The lowest BCUT2D eigenvalue weighted by Crippen LogP contribution is -2.21. The Bertz CT molecular complexity index is 170. The molecule has 1 aliphatic carbocycles. The molecule has 0 aromatic heterocycles. The maximum Gasteiger partial charge on any atom is -0.00463 e. The molecular weight excluding hydrogens is 218 g/mol. The molecule has 1 nitrogen and oxygen atoms in total. The second-order valence-electron chi connectivity index (χ2n) is 6.25. The first kappa shape index (κ1) is 16.0. The van der Waals surface area contributed by atoms with Crippen molar-refractivity contribution in [1.29, 1.82) is 0 Å². The van der Waals surface area contributed by atoms with E-state index in [1.165, 1.54) is 83.7 Å². The SMILES string of the molecule is CCCC(CC)CCNCCC1CCCCCC1. The van der Waals surface area contributed by atoms with Gasteiger partial charge in [0.2, 0.25) is 0 Å². The van der Waals surface area contributed by atoms with Crippen LogP contribution in [-0.4, -0.2) is 13.1 Å². The van der Waals surface area contributed by atoms with E-state index < -0.39 is 0 Å². The first-order chi connectivity index (χ1) is 8.86. The van der Waals surface area contributed by atoms with Gasteiger partial charge in [-0.3, -0.25) is 0 Å². The van der Waals surface area contributed by atoms with Gasteiger partial charge in [-0.1, -0.05) is 71.6 Å². The molecule has 0 radical (unpaired) electrons. The van der Waals surface area contributed by atoms with E-state index in [-0.39, 0.29) is 0 Å². The van der Waals surface area contributed by atoms with E-state index in [1.807, 2.05) is 0 Å². The van der Waals surface area contributed by atoms with Gasteiger partial charge in [0.15, 0.2) is 0 Å². The summed E-state index contributed by atoms with van der Waals surface area (Å²) in [6.45, 7) is 7.15.